The molecule has 39 heavy (non-hydrogen) atoms. The monoisotopic (exact) mass is 545 g/mol. The third-order valence-corrected chi connectivity index (χ3v) is 8.16. The van der Waals surface area contributed by atoms with Gasteiger partial charge in [0.2, 0.25) is 5.88 Å². The minimum Gasteiger partial charge on any atom is -0.469 e. The summed E-state index contributed by atoms with van der Waals surface area (Å²) in [7, 11) is 0. The lowest BCUT2D eigenvalue weighted by atomic mass is 9.76. The molecule has 12 heteroatoms. The molecule has 2 saturated carbocycles. The minimum absolute atomic E-state index is 0.0636. The van der Waals surface area contributed by atoms with Crippen molar-refractivity contribution in [3.05, 3.63) is 35.5 Å². The van der Waals surface area contributed by atoms with Gasteiger partial charge in [-0.15, -0.1) is 0 Å². The third kappa shape index (κ3) is 6.70. The Labute approximate surface area is 225 Å². The number of nitrogens with one attached hydrogen (secondary N) is 3. The Morgan fingerprint density at radius 3 is 2.74 bits per heavy atom. The number of aromatic nitrogens is 4. The average Bonchev–Trinajstić information content (AvgIpc) is 3.51. The zero-order chi connectivity index (χ0) is 27.4. The van der Waals surface area contributed by atoms with Gasteiger partial charge in [-0.1, -0.05) is 5.92 Å². The van der Waals surface area contributed by atoms with Crippen LogP contribution in [0.15, 0.2) is 18.3 Å². The highest BCUT2D eigenvalue weighted by atomic mass is 19.4. The number of alkyl halides is 3. The van der Waals surface area contributed by atoms with Crippen molar-refractivity contribution in [3.8, 4) is 17.8 Å². The zero-order valence-electron chi connectivity index (χ0n) is 21.6. The Hall–Kier alpha value is -3.17. The van der Waals surface area contributed by atoms with Crippen molar-refractivity contribution < 1.29 is 23.0 Å². The van der Waals surface area contributed by atoms with Gasteiger partial charge in [0, 0.05) is 42.5 Å². The number of halogens is 3. The van der Waals surface area contributed by atoms with Crippen LogP contribution < -0.4 is 10.1 Å². The van der Waals surface area contributed by atoms with Crippen LogP contribution in [0.3, 0.4) is 0 Å². The quantitative estimate of drug-likeness (QED) is 0.228. The molecule has 1 saturated heterocycles. The van der Waals surface area contributed by atoms with Crippen molar-refractivity contribution in [2.75, 3.05) is 13.1 Å². The number of aliphatic hydroxyl groups excluding tert-OH is 1. The highest BCUT2D eigenvalue weighted by Crippen LogP contribution is 2.37. The van der Waals surface area contributed by atoms with Gasteiger partial charge in [-0.3, -0.25) is 10.00 Å². The molecule has 0 amide bonds. The molecule has 1 aliphatic heterocycles. The molecular weight excluding hydrogens is 511 g/mol. The van der Waals surface area contributed by atoms with Gasteiger partial charge in [0.1, 0.15) is 6.61 Å². The molecule has 0 radical (unpaired) electrons. The van der Waals surface area contributed by atoms with Crippen LogP contribution in [0.5, 0.6) is 5.88 Å². The minimum atomic E-state index is -4.46. The highest BCUT2D eigenvalue weighted by Gasteiger charge is 2.38. The molecule has 3 aliphatic rings. The van der Waals surface area contributed by atoms with E-state index < -0.39 is 11.7 Å². The van der Waals surface area contributed by atoms with E-state index in [1.165, 1.54) is 12.6 Å². The van der Waals surface area contributed by atoms with Crippen LogP contribution >= 0.6 is 0 Å². The first-order valence-electron chi connectivity index (χ1n) is 13.6. The fourth-order valence-electron chi connectivity index (χ4n) is 5.80. The number of aliphatic hydroxyl groups is 1. The lowest BCUT2D eigenvalue weighted by Gasteiger charge is -2.37. The number of H-pyrrole nitrogens is 1. The Bertz CT molecular complexity index is 1180. The van der Waals surface area contributed by atoms with Gasteiger partial charge in [0.25, 0.3) is 0 Å². The Morgan fingerprint density at radius 2 is 2.05 bits per heavy atom. The molecule has 0 aromatic carbocycles. The molecule has 3 heterocycles. The van der Waals surface area contributed by atoms with Gasteiger partial charge in [0.05, 0.1) is 17.6 Å². The number of likely N-dealkylation sites (tertiary alicyclic amines) is 1. The number of aromatic amines is 1. The van der Waals surface area contributed by atoms with E-state index in [1.807, 2.05) is 0 Å². The van der Waals surface area contributed by atoms with Gasteiger partial charge in [-0.2, -0.15) is 18.3 Å². The molecule has 0 bridgehead atoms. The number of pyridine rings is 1. The number of rotatable bonds is 8. The molecule has 3 fully saturated rings. The largest absolute Gasteiger partial charge is 0.469 e. The molecule has 210 valence electrons. The van der Waals surface area contributed by atoms with Crippen molar-refractivity contribution in [2.45, 2.75) is 81.8 Å². The summed E-state index contributed by atoms with van der Waals surface area (Å²) in [5, 5.41) is 28.7. The van der Waals surface area contributed by atoms with Crippen LogP contribution in [-0.2, 0) is 12.8 Å². The van der Waals surface area contributed by atoms with E-state index in [0.717, 1.165) is 63.5 Å². The van der Waals surface area contributed by atoms with Gasteiger partial charge < -0.3 is 20.6 Å². The molecule has 2 aliphatic carbocycles. The summed E-state index contributed by atoms with van der Waals surface area (Å²) in [6, 6.07) is 5.24. The summed E-state index contributed by atoms with van der Waals surface area (Å²) in [6.07, 6.45) is 4.05. The smallest absolute Gasteiger partial charge is 0.416 e. The van der Waals surface area contributed by atoms with E-state index in [-0.39, 0.29) is 48.4 Å². The van der Waals surface area contributed by atoms with E-state index in [1.54, 1.807) is 0 Å². The Morgan fingerprint density at radius 1 is 1.26 bits per heavy atom. The molecular formula is C27H34F3N7O2. The fourth-order valence-corrected chi connectivity index (χ4v) is 5.80. The molecule has 2 aromatic heterocycles. The average molecular weight is 546 g/mol. The molecule has 5 rings (SSSR count). The second kappa shape index (κ2) is 11.9. The predicted molar refractivity (Wildman–Crippen MR) is 137 cm³/mol. The summed E-state index contributed by atoms with van der Waals surface area (Å²) in [4.78, 5) is 10.7. The summed E-state index contributed by atoms with van der Waals surface area (Å²) in [6.45, 7) is 2.07. The lowest BCUT2D eigenvalue weighted by molar-refractivity contribution is -0.137. The molecule has 4 N–H and O–H groups in total. The number of hydrogen-bond acceptors (Lipinski definition) is 8. The third-order valence-electron chi connectivity index (χ3n) is 8.16. The normalized spacial score (nSPS) is 28.2. The summed E-state index contributed by atoms with van der Waals surface area (Å²) >= 11 is 0. The van der Waals surface area contributed by atoms with Crippen LogP contribution in [0.2, 0.25) is 0 Å². The fraction of sp³-hybridized carbons (Fsp3) is 0.630. The first-order valence-corrected chi connectivity index (χ1v) is 13.6. The number of hydrogen-bond donors (Lipinski definition) is 4. The number of ether oxygens (including phenoxy) is 1. The van der Waals surface area contributed by atoms with Gasteiger partial charge in [-0.05, 0) is 70.0 Å². The maximum absolute atomic E-state index is 12.9. The first kappa shape index (κ1) is 27.4. The van der Waals surface area contributed by atoms with Gasteiger partial charge in [-0.25, -0.2) is 9.97 Å². The van der Waals surface area contributed by atoms with Crippen LogP contribution in [0.4, 0.5) is 13.2 Å². The van der Waals surface area contributed by atoms with E-state index in [0.29, 0.717) is 18.1 Å². The molecule has 0 spiro atoms. The maximum atomic E-state index is 12.9. The molecule has 4 atom stereocenters. The van der Waals surface area contributed by atoms with Crippen LogP contribution in [0.25, 0.3) is 0 Å². The van der Waals surface area contributed by atoms with E-state index in [9.17, 15) is 18.3 Å². The van der Waals surface area contributed by atoms with Crippen molar-refractivity contribution in [1.82, 2.24) is 30.4 Å². The first-order chi connectivity index (χ1) is 18.8. The maximum Gasteiger partial charge on any atom is 0.416 e. The SMILES string of the molecule is N=C[C@@H](C#CN[C@H]1C[C@H](O)[C@@H](N2CCC2)C1)C1CCC(c2n[nH]c(COc3cc(C(F)(F)F)ccn3)n2)CC1. The van der Waals surface area contributed by atoms with Crippen molar-refractivity contribution in [1.29, 1.82) is 5.41 Å². The molecule has 9 nitrogen and oxygen atoms in total. The van der Waals surface area contributed by atoms with Crippen molar-refractivity contribution in [3.63, 3.8) is 0 Å². The second-order valence-corrected chi connectivity index (χ2v) is 10.7. The van der Waals surface area contributed by atoms with Gasteiger partial charge >= 0.3 is 6.18 Å². The van der Waals surface area contributed by atoms with Crippen LogP contribution in [0, 0.1) is 29.2 Å². The summed E-state index contributed by atoms with van der Waals surface area (Å²) in [5.41, 5.74) is -0.820. The van der Waals surface area contributed by atoms with Crippen LogP contribution in [0.1, 0.15) is 68.1 Å². The highest BCUT2D eigenvalue weighted by molar-refractivity contribution is 5.62. The summed E-state index contributed by atoms with van der Waals surface area (Å²) < 4.78 is 44.0. The predicted octanol–water partition coefficient (Wildman–Crippen LogP) is 3.49. The number of nitrogens with zero attached hydrogens (tertiary/aromatic N) is 4. The zero-order valence-corrected chi connectivity index (χ0v) is 21.6. The van der Waals surface area contributed by atoms with E-state index >= 15 is 0 Å². The van der Waals surface area contributed by atoms with Gasteiger partial charge in [0.15, 0.2) is 11.6 Å². The van der Waals surface area contributed by atoms with E-state index in [4.69, 9.17) is 10.1 Å². The van der Waals surface area contributed by atoms with Crippen LogP contribution in [-0.4, -0.2) is 67.7 Å². The van der Waals surface area contributed by atoms with Crippen molar-refractivity contribution in [2.24, 2.45) is 11.8 Å². The topological polar surface area (TPSA) is 123 Å². The Balaban J connectivity index is 1.08. The van der Waals surface area contributed by atoms with Crippen molar-refractivity contribution >= 4 is 6.21 Å². The second-order valence-electron chi connectivity index (χ2n) is 10.7. The lowest BCUT2D eigenvalue weighted by Crippen LogP contribution is -2.48. The Kier molecular flexibility index (Phi) is 8.37. The summed E-state index contributed by atoms with van der Waals surface area (Å²) in [5.74, 6) is 4.50. The molecule has 0 unspecified atom stereocenters. The molecule has 2 aromatic rings. The van der Waals surface area contributed by atoms with E-state index in [2.05, 4.69) is 42.3 Å². The standard InChI is InChI=1S/C27H34F3N7O2/c28-27(29,30)20-7-9-33-25(12-20)39-16-24-34-26(36-35-24)18-4-2-17(3-5-18)19(15-31)6-8-32-21-13-22(23(38)14-21)37-10-1-11-37/h7,9,12,15,17-19,21-23,31-32,38H,1-5,10-11,13-14,16H2,(H,34,35,36)/t17?,18?,19-,21-,22+,23+/m1/s1.